The third-order valence-corrected chi connectivity index (χ3v) is 2.05. The Hall–Kier alpha value is -0.570. The fourth-order valence-electron chi connectivity index (χ4n) is 1.38. The number of piperidine rings is 1. The maximum absolute atomic E-state index is 10.8. The lowest BCUT2D eigenvalue weighted by Gasteiger charge is -2.21. The summed E-state index contributed by atoms with van der Waals surface area (Å²) in [7, 11) is 1.44. The van der Waals surface area contributed by atoms with E-state index in [0.29, 0.717) is 12.5 Å². The molecule has 0 amide bonds. The number of nitrogens with one attached hydrogen (secondary N) is 1. The average Bonchev–Trinajstić information content (AvgIpc) is 2.06. The maximum Gasteiger partial charge on any atom is 0.307 e. The van der Waals surface area contributed by atoms with Gasteiger partial charge in [0.15, 0.2) is 0 Å². The second-order valence-corrected chi connectivity index (χ2v) is 2.93. The predicted octanol–water partition coefficient (Wildman–Crippen LogP) is 0.692. The summed E-state index contributed by atoms with van der Waals surface area (Å²) < 4.78 is 4.57. The number of carbonyl (C=O) groups is 1. The number of hydrogen-bond acceptors (Lipinski definition) is 3. The minimum Gasteiger partial charge on any atom is -0.469 e. The van der Waals surface area contributed by atoms with Gasteiger partial charge in [0.25, 0.3) is 0 Å². The summed E-state index contributed by atoms with van der Waals surface area (Å²) in [4.78, 5) is 10.8. The molecule has 0 bridgehead atoms. The molecule has 1 fully saturated rings. The van der Waals surface area contributed by atoms with Gasteiger partial charge in [0.2, 0.25) is 0 Å². The van der Waals surface area contributed by atoms with E-state index < -0.39 is 0 Å². The van der Waals surface area contributed by atoms with Crippen LogP contribution in [0.25, 0.3) is 0 Å². The van der Waals surface area contributed by atoms with E-state index in [1.807, 2.05) is 0 Å². The molecular weight excluding hydrogens is 142 g/mol. The van der Waals surface area contributed by atoms with Crippen LogP contribution in [0.1, 0.15) is 25.7 Å². The smallest absolute Gasteiger partial charge is 0.307 e. The molecule has 1 aliphatic rings. The summed E-state index contributed by atoms with van der Waals surface area (Å²) in [6.45, 7) is 1.04. The zero-order valence-electron chi connectivity index (χ0n) is 6.93. The Morgan fingerprint density at radius 3 is 3.00 bits per heavy atom. The van der Waals surface area contributed by atoms with E-state index in [2.05, 4.69) is 10.1 Å². The quantitative estimate of drug-likeness (QED) is 0.599. The number of rotatable bonds is 2. The summed E-state index contributed by atoms with van der Waals surface area (Å²) in [5.74, 6) is -0.107. The number of hydrogen-bond donors (Lipinski definition) is 1. The van der Waals surface area contributed by atoms with Crippen molar-refractivity contribution in [3.63, 3.8) is 0 Å². The highest BCUT2D eigenvalue weighted by Gasteiger charge is 2.15. The first kappa shape index (κ1) is 8.53. The van der Waals surface area contributed by atoms with Gasteiger partial charge in [0.1, 0.15) is 0 Å². The summed E-state index contributed by atoms with van der Waals surface area (Å²) in [6.07, 6.45) is 4.10. The summed E-state index contributed by atoms with van der Waals surface area (Å²) in [5.41, 5.74) is 0. The Labute approximate surface area is 67.1 Å². The van der Waals surface area contributed by atoms with Gasteiger partial charge in [-0.05, 0) is 19.4 Å². The minimum absolute atomic E-state index is 0.107. The fraction of sp³-hybridized carbons (Fsp3) is 0.875. The molecule has 1 heterocycles. The van der Waals surface area contributed by atoms with Crippen molar-refractivity contribution < 1.29 is 9.53 Å². The monoisotopic (exact) mass is 157 g/mol. The lowest BCUT2D eigenvalue weighted by atomic mass is 10.0. The molecular formula is C8H15NO2. The van der Waals surface area contributed by atoms with E-state index in [9.17, 15) is 4.79 Å². The number of ether oxygens (including phenoxy) is 1. The second-order valence-electron chi connectivity index (χ2n) is 2.93. The summed E-state index contributed by atoms with van der Waals surface area (Å²) in [5, 5.41) is 3.28. The van der Waals surface area contributed by atoms with Crippen LogP contribution in [0, 0.1) is 0 Å². The summed E-state index contributed by atoms with van der Waals surface area (Å²) >= 11 is 0. The van der Waals surface area contributed by atoms with Crippen LogP contribution >= 0.6 is 0 Å². The van der Waals surface area contributed by atoms with Crippen LogP contribution in [0.2, 0.25) is 0 Å². The number of methoxy groups -OCH3 is 1. The molecule has 0 aromatic rings. The molecule has 1 N–H and O–H groups in total. The van der Waals surface area contributed by atoms with Crippen molar-refractivity contribution in [1.29, 1.82) is 0 Å². The fourth-order valence-corrected chi connectivity index (χ4v) is 1.38. The first-order valence-corrected chi connectivity index (χ1v) is 4.13. The zero-order chi connectivity index (χ0) is 8.10. The van der Waals surface area contributed by atoms with Crippen LogP contribution < -0.4 is 5.32 Å². The molecule has 0 unspecified atom stereocenters. The highest BCUT2D eigenvalue weighted by molar-refractivity contribution is 5.69. The van der Waals surface area contributed by atoms with E-state index in [4.69, 9.17) is 0 Å². The zero-order valence-corrected chi connectivity index (χ0v) is 6.93. The molecule has 0 radical (unpaired) electrons. The Morgan fingerprint density at radius 1 is 1.64 bits per heavy atom. The SMILES string of the molecule is COC(=O)C[C@H]1CCCCN1. The van der Waals surface area contributed by atoms with Gasteiger partial charge in [0, 0.05) is 6.04 Å². The predicted molar refractivity (Wildman–Crippen MR) is 42.3 cm³/mol. The molecule has 0 saturated carbocycles. The highest BCUT2D eigenvalue weighted by atomic mass is 16.5. The Kier molecular flexibility index (Phi) is 3.36. The van der Waals surface area contributed by atoms with Gasteiger partial charge >= 0.3 is 5.97 Å². The largest absolute Gasteiger partial charge is 0.469 e. The molecule has 3 heteroatoms. The molecule has 1 aliphatic heterocycles. The van der Waals surface area contributed by atoms with Crippen LogP contribution in [-0.2, 0) is 9.53 Å². The average molecular weight is 157 g/mol. The molecule has 0 spiro atoms. The van der Waals surface area contributed by atoms with Gasteiger partial charge in [-0.25, -0.2) is 0 Å². The van der Waals surface area contributed by atoms with E-state index in [0.717, 1.165) is 13.0 Å². The van der Waals surface area contributed by atoms with Crippen molar-refractivity contribution in [2.75, 3.05) is 13.7 Å². The lowest BCUT2D eigenvalue weighted by Crippen LogP contribution is -2.35. The Balaban J connectivity index is 2.19. The van der Waals surface area contributed by atoms with Crippen LogP contribution in [0.5, 0.6) is 0 Å². The molecule has 0 aliphatic carbocycles. The lowest BCUT2D eigenvalue weighted by molar-refractivity contribution is -0.141. The Bertz CT molecular complexity index is 130. The van der Waals surface area contributed by atoms with Crippen LogP contribution in [0.15, 0.2) is 0 Å². The van der Waals surface area contributed by atoms with Crippen LogP contribution in [0.4, 0.5) is 0 Å². The van der Waals surface area contributed by atoms with Crippen molar-refractivity contribution in [1.82, 2.24) is 5.32 Å². The van der Waals surface area contributed by atoms with Crippen molar-refractivity contribution >= 4 is 5.97 Å². The van der Waals surface area contributed by atoms with Gasteiger partial charge in [-0.3, -0.25) is 4.79 Å². The number of carbonyl (C=O) groups excluding carboxylic acids is 1. The first-order chi connectivity index (χ1) is 5.33. The van der Waals surface area contributed by atoms with Gasteiger partial charge in [-0.15, -0.1) is 0 Å². The molecule has 1 atom stereocenters. The van der Waals surface area contributed by atoms with E-state index in [1.54, 1.807) is 0 Å². The van der Waals surface area contributed by atoms with Gasteiger partial charge in [0.05, 0.1) is 13.5 Å². The van der Waals surface area contributed by atoms with Gasteiger partial charge < -0.3 is 10.1 Å². The molecule has 1 rings (SSSR count). The summed E-state index contributed by atoms with van der Waals surface area (Å²) in [6, 6.07) is 0.358. The number of esters is 1. The molecule has 0 aromatic carbocycles. The van der Waals surface area contributed by atoms with Crippen molar-refractivity contribution in [2.45, 2.75) is 31.7 Å². The molecule has 3 nitrogen and oxygen atoms in total. The molecule has 0 aromatic heterocycles. The van der Waals surface area contributed by atoms with E-state index in [1.165, 1.54) is 20.0 Å². The topological polar surface area (TPSA) is 38.3 Å². The Morgan fingerprint density at radius 2 is 2.45 bits per heavy atom. The third kappa shape index (κ3) is 2.89. The third-order valence-electron chi connectivity index (χ3n) is 2.05. The van der Waals surface area contributed by atoms with Crippen molar-refractivity contribution in [3.05, 3.63) is 0 Å². The standard InChI is InChI=1S/C8H15NO2/c1-11-8(10)6-7-4-2-3-5-9-7/h7,9H,2-6H2,1H3/t7-/m1/s1. The second kappa shape index (κ2) is 4.34. The molecule has 1 saturated heterocycles. The van der Waals surface area contributed by atoms with E-state index >= 15 is 0 Å². The minimum atomic E-state index is -0.107. The maximum atomic E-state index is 10.8. The van der Waals surface area contributed by atoms with Gasteiger partial charge in [-0.2, -0.15) is 0 Å². The molecule has 11 heavy (non-hydrogen) atoms. The van der Waals surface area contributed by atoms with Crippen LogP contribution in [-0.4, -0.2) is 25.7 Å². The van der Waals surface area contributed by atoms with Crippen molar-refractivity contribution in [2.24, 2.45) is 0 Å². The first-order valence-electron chi connectivity index (χ1n) is 4.13. The van der Waals surface area contributed by atoms with Crippen LogP contribution in [0.3, 0.4) is 0 Å². The normalized spacial score (nSPS) is 24.6. The highest BCUT2D eigenvalue weighted by Crippen LogP contribution is 2.09. The van der Waals surface area contributed by atoms with Gasteiger partial charge in [-0.1, -0.05) is 6.42 Å². The van der Waals surface area contributed by atoms with E-state index in [-0.39, 0.29) is 5.97 Å². The van der Waals surface area contributed by atoms with Crippen molar-refractivity contribution in [3.8, 4) is 0 Å². The molecule has 64 valence electrons.